The average Bonchev–Trinajstić information content (AvgIpc) is 1.43. The second-order valence-electron chi connectivity index (χ2n) is 18.4. The molecule has 2 N–H and O–H groups in total. The summed E-state index contributed by atoms with van der Waals surface area (Å²) in [5, 5.41) is 16.8. The molecule has 37 heteroatoms. The van der Waals surface area contributed by atoms with Gasteiger partial charge in [0.1, 0.15) is 31.9 Å². The smallest absolute Gasteiger partial charge is 0.480 e. The lowest BCUT2D eigenvalue weighted by Crippen LogP contribution is -2.40. The summed E-state index contributed by atoms with van der Waals surface area (Å²) >= 11 is 12.3. The molecule has 0 bridgehead atoms. The molecule has 0 saturated heterocycles. The molecule has 0 aliphatic carbocycles. The predicted octanol–water partition coefficient (Wildman–Crippen LogP) is 11.7. The highest BCUT2D eigenvalue weighted by molar-refractivity contribution is 7.93. The second kappa shape index (κ2) is 24.2. The SMILES string of the molecule is O=C(O)CN(c1ncc(N(CC(F)(F)F)S(=O)(=O)c2ccc(Cl)c(-c3cc(S(=O)(=O)N(CC(=O)O)c4ncc(N(CC(F)(F)F)S(=O)(=O)c5ccc(Cl)cc5)c5ccccc45)ccc3C(F)(F)F)c2)c2ccccc12)S(=O)(=O)c1ccc(OC(F)(F)F)cc1. The van der Waals surface area contributed by atoms with Crippen LogP contribution in [0.25, 0.3) is 32.7 Å². The number of ether oxygens (including phenoxy) is 1. The van der Waals surface area contributed by atoms with E-state index in [0.717, 1.165) is 72.8 Å². The van der Waals surface area contributed by atoms with Crippen LogP contribution < -0.4 is 22.0 Å². The summed E-state index contributed by atoms with van der Waals surface area (Å²) in [7, 11) is -22.0. The van der Waals surface area contributed by atoms with Gasteiger partial charge in [-0.2, -0.15) is 39.5 Å². The minimum Gasteiger partial charge on any atom is -0.480 e. The van der Waals surface area contributed by atoms with Crippen LogP contribution in [-0.2, 0) is 55.9 Å². The van der Waals surface area contributed by atoms with E-state index in [2.05, 4.69) is 14.7 Å². The third kappa shape index (κ3) is 14.4. The number of rotatable bonds is 20. The first-order valence-electron chi connectivity index (χ1n) is 24.2. The van der Waals surface area contributed by atoms with Gasteiger partial charge >= 0.3 is 36.8 Å². The van der Waals surface area contributed by atoms with Gasteiger partial charge in [-0.15, -0.1) is 13.2 Å². The Morgan fingerprint density at radius 3 is 1.22 bits per heavy atom. The predicted molar refractivity (Wildman–Crippen MR) is 295 cm³/mol. The molecule has 0 amide bonds. The number of carbonyl (C=O) groups is 2. The van der Waals surface area contributed by atoms with Gasteiger partial charge in [0.25, 0.3) is 40.1 Å². The van der Waals surface area contributed by atoms with Gasteiger partial charge in [0.05, 0.1) is 48.9 Å². The molecule has 0 fully saturated rings. The van der Waals surface area contributed by atoms with Crippen molar-refractivity contribution in [1.29, 1.82) is 0 Å². The molecule has 8 rings (SSSR count). The van der Waals surface area contributed by atoms with E-state index in [1.807, 2.05) is 0 Å². The molecule has 0 spiro atoms. The zero-order valence-corrected chi connectivity index (χ0v) is 48.5. The van der Waals surface area contributed by atoms with Crippen molar-refractivity contribution in [3.63, 3.8) is 0 Å². The summed E-state index contributed by atoms with van der Waals surface area (Å²) in [4.78, 5) is 28.2. The Hall–Kier alpha value is -8.38. The molecule has 0 aliphatic rings. The molecule has 0 unspecified atom stereocenters. The summed E-state index contributed by atoms with van der Waals surface area (Å²) in [5.74, 6) is -6.65. The summed E-state index contributed by atoms with van der Waals surface area (Å²) in [6, 6.07) is 16.5. The lowest BCUT2D eigenvalue weighted by Gasteiger charge is -2.29. The van der Waals surface area contributed by atoms with Crippen LogP contribution in [0.1, 0.15) is 5.56 Å². The van der Waals surface area contributed by atoms with Crippen molar-refractivity contribution in [2.75, 3.05) is 43.4 Å². The highest BCUT2D eigenvalue weighted by atomic mass is 35.5. The molecule has 89 heavy (non-hydrogen) atoms. The average molecular weight is 1380 g/mol. The molecule has 8 aromatic rings. The van der Waals surface area contributed by atoms with Crippen molar-refractivity contribution in [3.8, 4) is 16.9 Å². The number of hydrogen-bond donors (Lipinski definition) is 2. The Bertz CT molecular complexity index is 4570. The normalized spacial score (nSPS) is 12.9. The van der Waals surface area contributed by atoms with Gasteiger partial charge in [0.2, 0.25) is 0 Å². The first-order chi connectivity index (χ1) is 41.1. The van der Waals surface area contributed by atoms with Gasteiger partial charge in [0.15, 0.2) is 11.6 Å². The van der Waals surface area contributed by atoms with E-state index in [0.29, 0.717) is 60.9 Å². The third-order valence-electron chi connectivity index (χ3n) is 12.5. The van der Waals surface area contributed by atoms with Crippen LogP contribution in [0.5, 0.6) is 5.75 Å². The largest absolute Gasteiger partial charge is 0.573 e. The molecule has 2 aromatic heterocycles. The number of pyridine rings is 2. The molecule has 0 radical (unpaired) electrons. The number of nitrogens with zero attached hydrogens (tertiary/aromatic N) is 6. The molecule has 472 valence electrons. The number of hydrogen-bond acceptors (Lipinski definition) is 13. The van der Waals surface area contributed by atoms with Crippen LogP contribution in [0.15, 0.2) is 165 Å². The zero-order valence-electron chi connectivity index (χ0n) is 43.7. The molecule has 19 nitrogen and oxygen atoms in total. The fraction of sp³-hybridized carbons (Fsp3) is 0.154. The van der Waals surface area contributed by atoms with E-state index < -0.39 is 195 Å². The Labute approximate surface area is 504 Å². The molecule has 0 aliphatic heterocycles. The van der Waals surface area contributed by atoms with Crippen LogP contribution in [0.4, 0.5) is 75.7 Å². The Balaban J connectivity index is 1.26. The molecule has 0 saturated carbocycles. The maximum atomic E-state index is 15.1. The number of carboxylic acid groups (broad SMARTS) is 2. The van der Waals surface area contributed by atoms with Crippen molar-refractivity contribution >= 4 is 120 Å². The van der Waals surface area contributed by atoms with Gasteiger partial charge < -0.3 is 14.9 Å². The van der Waals surface area contributed by atoms with Gasteiger partial charge in [-0.3, -0.25) is 18.2 Å². The summed E-state index contributed by atoms with van der Waals surface area (Å²) in [5.41, 5.74) is -6.10. The van der Waals surface area contributed by atoms with Gasteiger partial charge in [-0.25, -0.2) is 52.2 Å². The lowest BCUT2D eigenvalue weighted by molar-refractivity contribution is -0.274. The van der Waals surface area contributed by atoms with Crippen molar-refractivity contribution in [2.45, 2.75) is 44.5 Å². The van der Waals surface area contributed by atoms with Crippen LogP contribution in [0.2, 0.25) is 10.0 Å². The number of anilines is 4. The summed E-state index contributed by atoms with van der Waals surface area (Å²) < 4.78 is 289. The molecule has 6 aromatic carbocycles. The number of carboxylic acids is 2. The number of benzene rings is 6. The number of fused-ring (bicyclic) bond motifs is 2. The Morgan fingerprint density at radius 2 is 0.820 bits per heavy atom. The van der Waals surface area contributed by atoms with Gasteiger partial charge in [0, 0.05) is 37.2 Å². The quantitative estimate of drug-likeness (QED) is 0.0672. The number of aromatic nitrogens is 2. The monoisotopic (exact) mass is 1380 g/mol. The minimum atomic E-state index is -5.88. The molecule has 0 atom stereocenters. The number of alkyl halides is 12. The molecular weight excluding hydrogens is 1340 g/mol. The maximum Gasteiger partial charge on any atom is 0.573 e. The standard InChI is InChI=1S/C52H34Cl2F12N6O13S4/c53-29-9-13-31(14-10-29)87(79,80)71(27-49(55,56)57)43-23-68-48(38-8-4-1-5-35(38)43)70(26-46(75)76)88(81,82)33-17-19-41(51(61,62)63)39(21-33)40-22-34(18-20-42(40)54)89(83,84)72(28-50(58,59)60)44-24-67-47(37-7-3-2-6-36(37)44)69(25-45(73)74)86(77,78)32-15-11-30(12-16-32)85-52(64,65)66/h1-24H,25-28H2,(H,73,74)(H,75,76). The Morgan fingerprint density at radius 1 is 0.461 bits per heavy atom. The van der Waals surface area contributed by atoms with E-state index in [1.54, 1.807) is 0 Å². The first-order valence-corrected chi connectivity index (χ1v) is 30.7. The topological polar surface area (TPSA) is 259 Å². The van der Waals surface area contributed by atoms with E-state index in [1.165, 1.54) is 0 Å². The van der Waals surface area contributed by atoms with E-state index in [9.17, 15) is 93.0 Å². The maximum absolute atomic E-state index is 15.1. The minimum absolute atomic E-state index is 0.0145. The van der Waals surface area contributed by atoms with E-state index >= 15 is 13.2 Å². The van der Waals surface area contributed by atoms with Crippen LogP contribution in [-0.4, -0.2) is 111 Å². The van der Waals surface area contributed by atoms with Crippen molar-refractivity contribution in [3.05, 3.63) is 161 Å². The highest BCUT2D eigenvalue weighted by Crippen LogP contribution is 2.45. The van der Waals surface area contributed by atoms with Crippen molar-refractivity contribution in [2.24, 2.45) is 0 Å². The van der Waals surface area contributed by atoms with Crippen molar-refractivity contribution in [1.82, 2.24) is 9.97 Å². The van der Waals surface area contributed by atoms with E-state index in [4.69, 9.17) is 23.2 Å². The van der Waals surface area contributed by atoms with Gasteiger partial charge in [-0.05, 0) is 90.5 Å². The van der Waals surface area contributed by atoms with Crippen molar-refractivity contribution < 1.29 is 111 Å². The highest BCUT2D eigenvalue weighted by Gasteiger charge is 2.43. The Kier molecular flexibility index (Phi) is 18.1. The van der Waals surface area contributed by atoms with Crippen LogP contribution in [0.3, 0.4) is 0 Å². The number of sulfonamides is 4. The third-order valence-corrected chi connectivity index (χ3v) is 20.1. The second-order valence-corrected chi connectivity index (χ2v) is 26.7. The number of halogens is 14. The van der Waals surface area contributed by atoms with Crippen LogP contribution >= 0.6 is 23.2 Å². The van der Waals surface area contributed by atoms with Crippen LogP contribution in [0, 0.1) is 0 Å². The summed E-state index contributed by atoms with van der Waals surface area (Å²) in [6.45, 7) is -7.90. The lowest BCUT2D eigenvalue weighted by atomic mass is 9.99. The fourth-order valence-corrected chi connectivity index (χ4v) is 14.9. The van der Waals surface area contributed by atoms with E-state index in [-0.39, 0.29) is 34.4 Å². The molecule has 2 heterocycles. The molecular formula is C52H34Cl2F12N6O13S4. The fourth-order valence-electron chi connectivity index (χ4n) is 8.79. The summed E-state index contributed by atoms with van der Waals surface area (Å²) in [6.07, 6.45) is -20.8. The zero-order chi connectivity index (χ0) is 65.8. The van der Waals surface area contributed by atoms with Gasteiger partial charge in [-0.1, -0.05) is 71.7 Å². The number of aliphatic carboxylic acids is 2. The first kappa shape index (κ1) is 66.6.